The summed E-state index contributed by atoms with van der Waals surface area (Å²) in [5.74, 6) is 1.07. The zero-order valence-corrected chi connectivity index (χ0v) is 17.1. The van der Waals surface area contributed by atoms with Crippen LogP contribution in [0.5, 0.6) is 0 Å². The van der Waals surface area contributed by atoms with Gasteiger partial charge in [0.25, 0.3) is 5.91 Å². The highest BCUT2D eigenvalue weighted by Crippen LogP contribution is 2.45. The van der Waals surface area contributed by atoms with E-state index in [0.29, 0.717) is 48.4 Å². The minimum atomic E-state index is -3.36. The molecule has 2 aromatic heterocycles. The number of sulfonamides is 1. The number of amides is 1. The van der Waals surface area contributed by atoms with Gasteiger partial charge >= 0.3 is 0 Å². The topological polar surface area (TPSA) is 123 Å². The fraction of sp³-hybridized carbons (Fsp3) is 0.647. The summed E-state index contributed by atoms with van der Waals surface area (Å²) in [6.45, 7) is 8.03. The Morgan fingerprint density at radius 2 is 1.93 bits per heavy atom. The first-order valence-corrected chi connectivity index (χ1v) is 10.8. The maximum Gasteiger partial charge on any atom is 0.259 e. The van der Waals surface area contributed by atoms with E-state index >= 15 is 0 Å². The summed E-state index contributed by atoms with van der Waals surface area (Å²) in [5, 5.41) is 7.75. The van der Waals surface area contributed by atoms with Gasteiger partial charge in [-0.25, -0.2) is 12.7 Å². The molecule has 0 saturated carbocycles. The Hall–Kier alpha value is -2.27. The maximum absolute atomic E-state index is 13.1. The summed E-state index contributed by atoms with van der Waals surface area (Å²) in [6.07, 6.45) is 0. The molecular weight excluding hydrogens is 386 g/mol. The van der Waals surface area contributed by atoms with Crippen molar-refractivity contribution in [2.45, 2.75) is 33.1 Å². The number of hydrogen-bond donors (Lipinski definition) is 0. The number of nitrogens with zero attached hydrogens (tertiary/aromatic N) is 5. The second-order valence-corrected chi connectivity index (χ2v) is 9.84. The fourth-order valence-electron chi connectivity index (χ4n) is 4.32. The third kappa shape index (κ3) is 2.75. The summed E-state index contributed by atoms with van der Waals surface area (Å²) in [6, 6.07) is 0. The Balaban J connectivity index is 1.70. The minimum absolute atomic E-state index is 0.0282. The number of likely N-dealkylation sites (tertiary alicyclic amines) is 1. The largest absolute Gasteiger partial charge is 0.361 e. The van der Waals surface area contributed by atoms with Crippen LogP contribution in [0.1, 0.15) is 40.5 Å². The van der Waals surface area contributed by atoms with E-state index in [9.17, 15) is 13.2 Å². The van der Waals surface area contributed by atoms with Gasteiger partial charge in [-0.15, -0.1) is 0 Å². The average Bonchev–Trinajstić information content (AvgIpc) is 3.37. The molecule has 0 aromatic carbocycles. The van der Waals surface area contributed by atoms with Crippen LogP contribution in [0.3, 0.4) is 0 Å². The third-order valence-corrected chi connectivity index (χ3v) is 7.62. The van der Waals surface area contributed by atoms with Crippen LogP contribution in [-0.2, 0) is 15.4 Å². The van der Waals surface area contributed by atoms with E-state index < -0.39 is 15.4 Å². The van der Waals surface area contributed by atoms with Gasteiger partial charge in [-0.3, -0.25) is 4.79 Å². The van der Waals surface area contributed by atoms with Crippen molar-refractivity contribution in [3.05, 3.63) is 28.7 Å². The summed E-state index contributed by atoms with van der Waals surface area (Å²) in [5.41, 5.74) is 0.283. The van der Waals surface area contributed by atoms with Crippen LogP contribution in [0, 0.1) is 26.7 Å². The second kappa shape index (κ2) is 6.38. The number of carbonyl (C=O) groups is 1. The van der Waals surface area contributed by atoms with E-state index in [2.05, 4.69) is 15.3 Å². The molecule has 4 rings (SSSR count). The summed E-state index contributed by atoms with van der Waals surface area (Å²) in [7, 11) is -3.36. The van der Waals surface area contributed by atoms with Crippen molar-refractivity contribution in [1.82, 2.24) is 24.5 Å². The quantitative estimate of drug-likeness (QED) is 0.721. The van der Waals surface area contributed by atoms with E-state index in [1.807, 2.05) is 0 Å². The van der Waals surface area contributed by atoms with Crippen LogP contribution in [0.25, 0.3) is 0 Å². The Morgan fingerprint density at radius 1 is 1.18 bits per heavy atom. The van der Waals surface area contributed by atoms with Crippen molar-refractivity contribution < 1.29 is 22.3 Å². The van der Waals surface area contributed by atoms with Crippen LogP contribution in [0.2, 0.25) is 0 Å². The van der Waals surface area contributed by atoms with Crippen molar-refractivity contribution in [1.29, 1.82) is 0 Å². The Kier molecular flexibility index (Phi) is 4.34. The monoisotopic (exact) mass is 409 g/mol. The van der Waals surface area contributed by atoms with Gasteiger partial charge in [0.2, 0.25) is 15.9 Å². The molecule has 2 aromatic rings. The first kappa shape index (κ1) is 19.1. The lowest BCUT2D eigenvalue weighted by Crippen LogP contribution is -2.41. The van der Waals surface area contributed by atoms with E-state index in [1.165, 1.54) is 4.31 Å². The van der Waals surface area contributed by atoms with E-state index in [0.717, 1.165) is 0 Å². The number of aromatic nitrogens is 3. The maximum atomic E-state index is 13.1. The highest BCUT2D eigenvalue weighted by Gasteiger charge is 2.59. The van der Waals surface area contributed by atoms with Gasteiger partial charge in [0.05, 0.1) is 16.9 Å². The molecule has 0 N–H and O–H groups in total. The van der Waals surface area contributed by atoms with Gasteiger partial charge in [0.1, 0.15) is 11.3 Å². The number of aryl methyl sites for hydroxylation is 3. The Labute approximate surface area is 162 Å². The third-order valence-electron chi connectivity index (χ3n) is 5.82. The van der Waals surface area contributed by atoms with Gasteiger partial charge in [-0.2, -0.15) is 4.98 Å². The normalized spacial score (nSPS) is 25.4. The zero-order valence-electron chi connectivity index (χ0n) is 16.3. The molecule has 10 nitrogen and oxygen atoms in total. The van der Waals surface area contributed by atoms with E-state index in [1.54, 1.807) is 32.6 Å². The second-order valence-electron chi connectivity index (χ2n) is 7.58. The molecule has 152 valence electrons. The molecule has 2 aliphatic rings. The molecular formula is C17H23N5O5S. The molecule has 0 radical (unpaired) electrons. The van der Waals surface area contributed by atoms with E-state index in [-0.39, 0.29) is 24.1 Å². The van der Waals surface area contributed by atoms with Crippen molar-refractivity contribution >= 4 is 15.9 Å². The number of hydrogen-bond acceptors (Lipinski definition) is 8. The predicted octanol–water partition coefficient (Wildman–Crippen LogP) is 0.658. The lowest BCUT2D eigenvalue weighted by atomic mass is 9.81. The predicted molar refractivity (Wildman–Crippen MR) is 97.1 cm³/mol. The molecule has 2 saturated heterocycles. The molecule has 2 fully saturated rings. The Morgan fingerprint density at radius 3 is 2.50 bits per heavy atom. The summed E-state index contributed by atoms with van der Waals surface area (Å²) < 4.78 is 37.0. The highest BCUT2D eigenvalue weighted by molar-refractivity contribution is 7.89. The van der Waals surface area contributed by atoms with Crippen molar-refractivity contribution in [3.63, 3.8) is 0 Å². The van der Waals surface area contributed by atoms with Crippen LogP contribution in [0.15, 0.2) is 9.05 Å². The average molecular weight is 409 g/mol. The van der Waals surface area contributed by atoms with Crippen LogP contribution in [-0.4, -0.2) is 70.8 Å². The summed E-state index contributed by atoms with van der Waals surface area (Å²) in [4.78, 5) is 19.2. The fourth-order valence-corrected chi connectivity index (χ4v) is 5.52. The van der Waals surface area contributed by atoms with Gasteiger partial charge in [-0.1, -0.05) is 10.3 Å². The van der Waals surface area contributed by atoms with E-state index in [4.69, 9.17) is 9.05 Å². The molecule has 1 amide bonds. The van der Waals surface area contributed by atoms with Gasteiger partial charge in [0, 0.05) is 32.1 Å². The molecule has 2 aliphatic heterocycles. The standard InChI is InChI=1S/C17H23N5O5S/c1-5-28(24,25)22-7-13-6-21(15(23)14-10(2)19-26-11(14)3)8-17(13,9-22)16-18-12(4)20-27-16/h13H,5-9H2,1-4H3/t13-,17-/m0/s1. The molecule has 0 unspecified atom stereocenters. The van der Waals surface area contributed by atoms with Gasteiger partial charge in [0.15, 0.2) is 5.82 Å². The van der Waals surface area contributed by atoms with Crippen LogP contribution in [0.4, 0.5) is 0 Å². The van der Waals surface area contributed by atoms with Crippen molar-refractivity contribution in [3.8, 4) is 0 Å². The molecule has 2 atom stereocenters. The zero-order chi connectivity index (χ0) is 20.3. The minimum Gasteiger partial charge on any atom is -0.361 e. The number of carbonyl (C=O) groups excluding carboxylic acids is 1. The van der Waals surface area contributed by atoms with Crippen LogP contribution < -0.4 is 0 Å². The molecule has 11 heteroatoms. The first-order valence-electron chi connectivity index (χ1n) is 9.18. The van der Waals surface area contributed by atoms with Gasteiger partial charge < -0.3 is 13.9 Å². The number of fused-ring (bicyclic) bond motifs is 1. The lowest BCUT2D eigenvalue weighted by Gasteiger charge is -2.25. The highest BCUT2D eigenvalue weighted by atomic mass is 32.2. The van der Waals surface area contributed by atoms with Crippen LogP contribution >= 0.6 is 0 Å². The molecule has 28 heavy (non-hydrogen) atoms. The smallest absolute Gasteiger partial charge is 0.259 e. The Bertz CT molecular complexity index is 1010. The number of rotatable bonds is 4. The first-order chi connectivity index (χ1) is 13.2. The lowest BCUT2D eigenvalue weighted by molar-refractivity contribution is 0.0770. The molecule has 0 spiro atoms. The molecule has 0 bridgehead atoms. The van der Waals surface area contributed by atoms with Crippen molar-refractivity contribution in [2.24, 2.45) is 5.92 Å². The molecule has 4 heterocycles. The summed E-state index contributed by atoms with van der Waals surface area (Å²) >= 11 is 0. The SMILES string of the molecule is CCS(=O)(=O)N1C[C@@H]2CN(C(=O)c3c(C)noc3C)C[C@]2(c2nc(C)no2)C1. The molecule has 0 aliphatic carbocycles. The van der Waals surface area contributed by atoms with Crippen molar-refractivity contribution in [2.75, 3.05) is 31.9 Å². The van der Waals surface area contributed by atoms with Gasteiger partial charge in [-0.05, 0) is 27.7 Å².